The molecule has 0 spiro atoms. The van der Waals surface area contributed by atoms with Gasteiger partial charge in [0.05, 0.1) is 19.5 Å². The van der Waals surface area contributed by atoms with Crippen molar-refractivity contribution in [1.29, 1.82) is 0 Å². The average Bonchev–Trinajstić information content (AvgIpc) is 2.33. The summed E-state index contributed by atoms with van der Waals surface area (Å²) in [4.78, 5) is 10.9. The van der Waals surface area contributed by atoms with Gasteiger partial charge in [0.1, 0.15) is 0 Å². The molecule has 0 unspecified atom stereocenters. The molecule has 0 aliphatic rings. The standard InChI is InChI=1S/C11H23NO5S/c1-4-12(8-9-17-5-2)18(14,15)10-6-7-11(13)16-3/h4-10H2,1-3H3. The molecule has 0 aromatic carbocycles. The fourth-order valence-electron chi connectivity index (χ4n) is 1.43. The fourth-order valence-corrected chi connectivity index (χ4v) is 2.95. The van der Waals surface area contributed by atoms with Crippen LogP contribution in [0, 0.1) is 0 Å². The lowest BCUT2D eigenvalue weighted by molar-refractivity contribution is -0.140. The zero-order chi connectivity index (χ0) is 14.0. The van der Waals surface area contributed by atoms with Gasteiger partial charge in [0.2, 0.25) is 10.0 Å². The number of esters is 1. The Bertz CT molecular complexity index is 328. The molecule has 0 heterocycles. The molecular weight excluding hydrogens is 258 g/mol. The van der Waals surface area contributed by atoms with Crippen LogP contribution in [0.15, 0.2) is 0 Å². The molecule has 0 N–H and O–H groups in total. The first-order chi connectivity index (χ1) is 8.47. The monoisotopic (exact) mass is 281 g/mol. The molecule has 0 amide bonds. The molecular formula is C11H23NO5S. The van der Waals surface area contributed by atoms with Gasteiger partial charge in [-0.2, -0.15) is 4.31 Å². The van der Waals surface area contributed by atoms with Gasteiger partial charge in [-0.15, -0.1) is 0 Å². The molecule has 0 saturated heterocycles. The van der Waals surface area contributed by atoms with Crippen molar-refractivity contribution in [3.8, 4) is 0 Å². The highest BCUT2D eigenvalue weighted by Crippen LogP contribution is 2.05. The molecule has 18 heavy (non-hydrogen) atoms. The van der Waals surface area contributed by atoms with Crippen molar-refractivity contribution in [3.05, 3.63) is 0 Å². The van der Waals surface area contributed by atoms with E-state index in [1.54, 1.807) is 6.92 Å². The van der Waals surface area contributed by atoms with E-state index in [0.717, 1.165) is 0 Å². The van der Waals surface area contributed by atoms with Crippen LogP contribution in [0.4, 0.5) is 0 Å². The molecule has 7 heteroatoms. The second-order valence-corrected chi connectivity index (χ2v) is 5.77. The van der Waals surface area contributed by atoms with Crippen LogP contribution in [0.3, 0.4) is 0 Å². The maximum atomic E-state index is 11.9. The van der Waals surface area contributed by atoms with Gasteiger partial charge in [0, 0.05) is 26.1 Å². The first-order valence-corrected chi connectivity index (χ1v) is 7.71. The first kappa shape index (κ1) is 17.3. The quantitative estimate of drug-likeness (QED) is 0.434. The molecule has 0 rings (SSSR count). The normalized spacial score (nSPS) is 11.8. The van der Waals surface area contributed by atoms with Gasteiger partial charge in [0.25, 0.3) is 0 Å². The Balaban J connectivity index is 4.17. The van der Waals surface area contributed by atoms with Crippen molar-refractivity contribution in [3.63, 3.8) is 0 Å². The third-order valence-electron chi connectivity index (χ3n) is 2.45. The summed E-state index contributed by atoms with van der Waals surface area (Å²) in [5.74, 6) is -0.426. The molecule has 0 aliphatic heterocycles. The van der Waals surface area contributed by atoms with Crippen LogP contribution >= 0.6 is 0 Å². The maximum Gasteiger partial charge on any atom is 0.305 e. The van der Waals surface area contributed by atoms with Crippen LogP contribution in [-0.2, 0) is 24.3 Å². The molecule has 0 aromatic rings. The van der Waals surface area contributed by atoms with E-state index in [4.69, 9.17) is 4.74 Å². The van der Waals surface area contributed by atoms with E-state index in [0.29, 0.717) is 26.3 Å². The Kier molecular flexibility index (Phi) is 8.95. The minimum Gasteiger partial charge on any atom is -0.469 e. The number of methoxy groups -OCH3 is 1. The lowest BCUT2D eigenvalue weighted by atomic mass is 10.3. The summed E-state index contributed by atoms with van der Waals surface area (Å²) in [6, 6.07) is 0. The van der Waals surface area contributed by atoms with Crippen LogP contribution < -0.4 is 0 Å². The highest BCUT2D eigenvalue weighted by Gasteiger charge is 2.20. The molecule has 0 fully saturated rings. The van der Waals surface area contributed by atoms with E-state index in [9.17, 15) is 13.2 Å². The van der Waals surface area contributed by atoms with E-state index < -0.39 is 10.0 Å². The minimum absolute atomic E-state index is 0.0396. The minimum atomic E-state index is -3.31. The number of nitrogens with zero attached hydrogens (tertiary/aromatic N) is 1. The van der Waals surface area contributed by atoms with Gasteiger partial charge in [-0.05, 0) is 13.3 Å². The van der Waals surface area contributed by atoms with Gasteiger partial charge in [-0.25, -0.2) is 8.42 Å². The van der Waals surface area contributed by atoms with Crippen LogP contribution in [-0.4, -0.2) is 57.9 Å². The van der Waals surface area contributed by atoms with Gasteiger partial charge in [-0.3, -0.25) is 4.79 Å². The number of rotatable bonds is 10. The lowest BCUT2D eigenvalue weighted by Gasteiger charge is -2.20. The predicted octanol–water partition coefficient (Wildman–Crippen LogP) is 0.628. The smallest absolute Gasteiger partial charge is 0.305 e. The number of ether oxygens (including phenoxy) is 2. The van der Waals surface area contributed by atoms with Gasteiger partial charge < -0.3 is 9.47 Å². The molecule has 6 nitrogen and oxygen atoms in total. The lowest BCUT2D eigenvalue weighted by Crippen LogP contribution is -2.35. The van der Waals surface area contributed by atoms with E-state index in [1.807, 2.05) is 6.92 Å². The van der Waals surface area contributed by atoms with E-state index in [1.165, 1.54) is 11.4 Å². The number of carbonyl (C=O) groups excluding carboxylic acids is 1. The first-order valence-electron chi connectivity index (χ1n) is 6.10. The summed E-state index contributed by atoms with van der Waals surface area (Å²) in [5.41, 5.74) is 0. The van der Waals surface area contributed by atoms with Gasteiger partial charge in [-0.1, -0.05) is 6.92 Å². The average molecular weight is 281 g/mol. The summed E-state index contributed by atoms with van der Waals surface area (Å²) < 4.78 is 34.9. The summed E-state index contributed by atoms with van der Waals surface area (Å²) in [5, 5.41) is 0. The molecule has 0 atom stereocenters. The summed E-state index contributed by atoms with van der Waals surface area (Å²) >= 11 is 0. The Morgan fingerprint density at radius 1 is 1.28 bits per heavy atom. The third-order valence-corrected chi connectivity index (χ3v) is 4.48. The van der Waals surface area contributed by atoms with Crippen LogP contribution in [0.25, 0.3) is 0 Å². The van der Waals surface area contributed by atoms with Crippen molar-refractivity contribution >= 4 is 16.0 Å². The van der Waals surface area contributed by atoms with Crippen LogP contribution in [0.2, 0.25) is 0 Å². The highest BCUT2D eigenvalue weighted by atomic mass is 32.2. The van der Waals surface area contributed by atoms with Crippen molar-refractivity contribution < 1.29 is 22.7 Å². The summed E-state index contributed by atoms with van der Waals surface area (Å²) in [6.45, 7) is 5.37. The molecule has 0 bridgehead atoms. The third kappa shape index (κ3) is 6.93. The summed E-state index contributed by atoms with van der Waals surface area (Å²) in [6.07, 6.45) is 0.402. The number of likely N-dealkylation sites (N-methyl/N-ethyl adjacent to an activating group) is 1. The Morgan fingerprint density at radius 2 is 1.94 bits per heavy atom. The van der Waals surface area contributed by atoms with E-state index in [2.05, 4.69) is 4.74 Å². The molecule has 0 saturated carbocycles. The molecule has 108 valence electrons. The van der Waals surface area contributed by atoms with Crippen molar-refractivity contribution in [1.82, 2.24) is 4.31 Å². The molecule has 0 radical (unpaired) electrons. The zero-order valence-corrected chi connectivity index (χ0v) is 12.2. The highest BCUT2D eigenvalue weighted by molar-refractivity contribution is 7.89. The maximum absolute atomic E-state index is 11.9. The Labute approximate surface area is 109 Å². The SMILES string of the molecule is CCOCCN(CC)S(=O)(=O)CCCC(=O)OC. The van der Waals surface area contributed by atoms with Crippen molar-refractivity contribution in [2.24, 2.45) is 0 Å². The summed E-state index contributed by atoms with van der Waals surface area (Å²) in [7, 11) is -2.02. The molecule has 0 aromatic heterocycles. The number of hydrogen-bond donors (Lipinski definition) is 0. The van der Waals surface area contributed by atoms with Gasteiger partial charge >= 0.3 is 5.97 Å². The topological polar surface area (TPSA) is 72.9 Å². The van der Waals surface area contributed by atoms with Crippen LogP contribution in [0.1, 0.15) is 26.7 Å². The van der Waals surface area contributed by atoms with Gasteiger partial charge in [0.15, 0.2) is 0 Å². The van der Waals surface area contributed by atoms with E-state index >= 15 is 0 Å². The van der Waals surface area contributed by atoms with E-state index in [-0.39, 0.29) is 24.6 Å². The fraction of sp³-hybridized carbons (Fsp3) is 0.909. The second-order valence-electron chi connectivity index (χ2n) is 3.68. The van der Waals surface area contributed by atoms with Crippen molar-refractivity contribution in [2.45, 2.75) is 26.7 Å². The zero-order valence-electron chi connectivity index (χ0n) is 11.3. The van der Waals surface area contributed by atoms with Crippen LogP contribution in [0.5, 0.6) is 0 Å². The Morgan fingerprint density at radius 3 is 2.44 bits per heavy atom. The second kappa shape index (κ2) is 9.29. The number of carbonyl (C=O) groups is 1. The Hall–Kier alpha value is -0.660. The predicted molar refractivity (Wildman–Crippen MR) is 68.8 cm³/mol. The van der Waals surface area contributed by atoms with Crippen molar-refractivity contribution in [2.75, 3.05) is 39.2 Å². The molecule has 0 aliphatic carbocycles. The largest absolute Gasteiger partial charge is 0.469 e. The number of sulfonamides is 1. The number of hydrogen-bond acceptors (Lipinski definition) is 5.